The zero-order valence-electron chi connectivity index (χ0n) is 10.9. The summed E-state index contributed by atoms with van der Waals surface area (Å²) in [6.07, 6.45) is 0. The average molecular weight is 357 g/mol. The number of nitrogens with zero attached hydrogens (tertiary/aromatic N) is 1. The van der Waals surface area contributed by atoms with E-state index < -0.39 is 34.0 Å². The fourth-order valence-electron chi connectivity index (χ4n) is 1.88. The molecule has 21 heavy (non-hydrogen) atoms. The van der Waals surface area contributed by atoms with Crippen LogP contribution in [-0.4, -0.2) is 4.92 Å². The van der Waals surface area contributed by atoms with Crippen LogP contribution in [0.1, 0.15) is 18.5 Å². The van der Waals surface area contributed by atoms with Crippen LogP contribution in [0.3, 0.4) is 0 Å². The maximum atomic E-state index is 13.8. The van der Waals surface area contributed by atoms with Crippen LogP contribution in [0, 0.1) is 21.7 Å². The van der Waals surface area contributed by atoms with Crippen molar-refractivity contribution in [1.29, 1.82) is 0 Å². The largest absolute Gasteiger partial charge is 0.370 e. The summed E-state index contributed by atoms with van der Waals surface area (Å²) in [5, 5.41) is 13.6. The zero-order chi connectivity index (χ0) is 15.6. The van der Waals surface area contributed by atoms with Crippen LogP contribution >= 0.6 is 15.9 Å². The van der Waals surface area contributed by atoms with Gasteiger partial charge < -0.3 is 5.32 Å². The first-order chi connectivity index (χ1) is 9.90. The summed E-state index contributed by atoms with van der Waals surface area (Å²) < 4.78 is 28.0. The quantitative estimate of drug-likeness (QED) is 0.631. The van der Waals surface area contributed by atoms with Crippen molar-refractivity contribution in [3.8, 4) is 0 Å². The van der Waals surface area contributed by atoms with Gasteiger partial charge >= 0.3 is 0 Å². The molecule has 110 valence electrons. The molecule has 0 aromatic heterocycles. The third kappa shape index (κ3) is 3.36. The molecule has 2 aromatic carbocycles. The number of nitro benzene ring substituents is 1. The van der Waals surface area contributed by atoms with Crippen LogP contribution in [0.4, 0.5) is 20.2 Å². The normalized spacial score (nSPS) is 12.0. The van der Waals surface area contributed by atoms with E-state index in [0.717, 1.165) is 22.2 Å². The fourth-order valence-corrected chi connectivity index (χ4v) is 2.15. The highest BCUT2D eigenvalue weighted by molar-refractivity contribution is 9.10. The summed E-state index contributed by atoms with van der Waals surface area (Å²) in [6, 6.07) is 8.41. The second-order valence-electron chi connectivity index (χ2n) is 4.43. The van der Waals surface area contributed by atoms with Gasteiger partial charge in [0, 0.05) is 16.6 Å². The Hall–Kier alpha value is -2.02. The molecule has 0 spiro atoms. The Labute approximate surface area is 128 Å². The summed E-state index contributed by atoms with van der Waals surface area (Å²) in [7, 11) is 0. The third-order valence-electron chi connectivity index (χ3n) is 3.00. The molecular weight excluding hydrogens is 346 g/mol. The number of rotatable bonds is 4. The van der Waals surface area contributed by atoms with Crippen molar-refractivity contribution in [1.82, 2.24) is 0 Å². The highest BCUT2D eigenvalue weighted by Gasteiger charge is 2.23. The lowest BCUT2D eigenvalue weighted by atomic mass is 10.1. The van der Waals surface area contributed by atoms with E-state index in [0.29, 0.717) is 0 Å². The number of nitrogens with one attached hydrogen (secondary N) is 1. The van der Waals surface area contributed by atoms with E-state index in [1.165, 1.54) is 0 Å². The minimum atomic E-state index is -1.26. The minimum absolute atomic E-state index is 0.423. The molecule has 0 saturated heterocycles. The zero-order valence-corrected chi connectivity index (χ0v) is 12.5. The van der Waals surface area contributed by atoms with Crippen molar-refractivity contribution < 1.29 is 13.7 Å². The Morgan fingerprint density at radius 2 is 1.81 bits per heavy atom. The van der Waals surface area contributed by atoms with Gasteiger partial charge in [0.15, 0.2) is 17.3 Å². The van der Waals surface area contributed by atoms with Crippen molar-refractivity contribution in [2.45, 2.75) is 13.0 Å². The minimum Gasteiger partial charge on any atom is -0.370 e. The molecule has 0 saturated carbocycles. The molecule has 1 atom stereocenters. The molecule has 0 bridgehead atoms. The number of benzene rings is 2. The lowest BCUT2D eigenvalue weighted by Crippen LogP contribution is -2.10. The molecule has 1 N–H and O–H groups in total. The number of hydrogen-bond donors (Lipinski definition) is 1. The molecule has 4 nitrogen and oxygen atoms in total. The Kier molecular flexibility index (Phi) is 4.52. The molecular formula is C14H11BrF2N2O2. The Morgan fingerprint density at radius 1 is 1.19 bits per heavy atom. The number of hydrogen-bond acceptors (Lipinski definition) is 3. The Bertz CT molecular complexity index is 677. The van der Waals surface area contributed by atoms with Crippen molar-refractivity contribution >= 4 is 27.3 Å². The molecule has 2 rings (SSSR count). The molecule has 0 aliphatic rings. The van der Waals surface area contributed by atoms with Gasteiger partial charge in [-0.25, -0.2) is 8.78 Å². The number of anilines is 1. The van der Waals surface area contributed by atoms with Crippen LogP contribution < -0.4 is 5.32 Å². The van der Waals surface area contributed by atoms with Crippen LogP contribution in [0.5, 0.6) is 0 Å². The first kappa shape index (κ1) is 15.4. The Balaban J connectivity index is 2.36. The van der Waals surface area contributed by atoms with Gasteiger partial charge in [-0.1, -0.05) is 28.1 Å². The van der Waals surface area contributed by atoms with Gasteiger partial charge in [0.2, 0.25) is 0 Å². The summed E-state index contributed by atoms with van der Waals surface area (Å²) in [5.41, 5.74) is -0.163. The van der Waals surface area contributed by atoms with Gasteiger partial charge in [-0.15, -0.1) is 0 Å². The predicted molar refractivity (Wildman–Crippen MR) is 79.2 cm³/mol. The molecule has 0 radical (unpaired) electrons. The topological polar surface area (TPSA) is 55.2 Å². The van der Waals surface area contributed by atoms with Crippen molar-refractivity contribution in [2.24, 2.45) is 0 Å². The second kappa shape index (κ2) is 6.17. The lowest BCUT2D eigenvalue weighted by molar-refractivity contribution is -0.384. The molecule has 1 unspecified atom stereocenters. The van der Waals surface area contributed by atoms with E-state index in [4.69, 9.17) is 0 Å². The van der Waals surface area contributed by atoms with E-state index in [1.54, 1.807) is 31.2 Å². The molecule has 0 amide bonds. The Morgan fingerprint density at radius 3 is 2.38 bits per heavy atom. The van der Waals surface area contributed by atoms with Crippen molar-refractivity contribution in [2.75, 3.05) is 5.32 Å². The lowest BCUT2D eigenvalue weighted by Gasteiger charge is -2.16. The van der Waals surface area contributed by atoms with Gasteiger partial charge in [-0.3, -0.25) is 10.1 Å². The summed E-state index contributed by atoms with van der Waals surface area (Å²) >= 11 is 3.29. The first-order valence-corrected chi connectivity index (χ1v) is 6.84. The van der Waals surface area contributed by atoms with Gasteiger partial charge in [-0.05, 0) is 30.7 Å². The summed E-state index contributed by atoms with van der Waals surface area (Å²) in [6.45, 7) is 1.71. The van der Waals surface area contributed by atoms with Gasteiger partial charge in [0.1, 0.15) is 0 Å². The highest BCUT2D eigenvalue weighted by Crippen LogP contribution is 2.32. The van der Waals surface area contributed by atoms with E-state index in [9.17, 15) is 18.9 Å². The van der Waals surface area contributed by atoms with E-state index in [2.05, 4.69) is 21.2 Å². The van der Waals surface area contributed by atoms with Gasteiger partial charge in [0.25, 0.3) is 5.69 Å². The maximum Gasteiger partial charge on any atom is 0.295 e. The SMILES string of the molecule is CC(Nc1c([N+](=O)[O-])ccc(F)c1F)c1ccc(Br)cc1. The number of nitro groups is 1. The standard InChI is InChI=1S/C14H11BrF2N2O2/c1-8(9-2-4-10(15)5-3-9)18-14-12(19(20)21)7-6-11(16)13(14)17/h2-8,18H,1H3. The molecule has 7 heteroatoms. The molecule has 0 aliphatic carbocycles. The van der Waals surface area contributed by atoms with E-state index in [-0.39, 0.29) is 0 Å². The molecule has 0 fully saturated rings. The molecule has 0 aliphatic heterocycles. The second-order valence-corrected chi connectivity index (χ2v) is 5.35. The van der Waals surface area contributed by atoms with E-state index >= 15 is 0 Å². The monoisotopic (exact) mass is 356 g/mol. The average Bonchev–Trinajstić information content (AvgIpc) is 2.44. The fraction of sp³-hybridized carbons (Fsp3) is 0.143. The van der Waals surface area contributed by atoms with Crippen LogP contribution in [0.15, 0.2) is 40.9 Å². The van der Waals surface area contributed by atoms with Crippen LogP contribution in [-0.2, 0) is 0 Å². The van der Waals surface area contributed by atoms with E-state index in [1.807, 2.05) is 0 Å². The summed E-state index contributed by atoms with van der Waals surface area (Å²) in [4.78, 5) is 10.2. The number of halogens is 3. The van der Waals surface area contributed by atoms with Gasteiger partial charge in [0.05, 0.1) is 4.92 Å². The summed E-state index contributed by atoms with van der Waals surface area (Å²) in [5.74, 6) is -2.39. The van der Waals surface area contributed by atoms with Crippen molar-refractivity contribution in [3.05, 3.63) is 68.2 Å². The first-order valence-electron chi connectivity index (χ1n) is 6.04. The van der Waals surface area contributed by atoms with Gasteiger partial charge in [-0.2, -0.15) is 0 Å². The third-order valence-corrected chi connectivity index (χ3v) is 3.53. The molecule has 2 aromatic rings. The molecule has 0 heterocycles. The highest BCUT2D eigenvalue weighted by atomic mass is 79.9. The van der Waals surface area contributed by atoms with Crippen LogP contribution in [0.25, 0.3) is 0 Å². The smallest absolute Gasteiger partial charge is 0.295 e. The predicted octanol–water partition coefficient (Wildman–Crippen LogP) is 4.81. The van der Waals surface area contributed by atoms with Crippen molar-refractivity contribution in [3.63, 3.8) is 0 Å². The maximum absolute atomic E-state index is 13.8. The van der Waals surface area contributed by atoms with Crippen LogP contribution in [0.2, 0.25) is 0 Å².